The van der Waals surface area contributed by atoms with E-state index in [0.717, 1.165) is 28.3 Å². The molecule has 15 heavy (non-hydrogen) atoms. The Morgan fingerprint density at radius 1 is 1.47 bits per heavy atom. The molecule has 0 radical (unpaired) electrons. The predicted molar refractivity (Wildman–Crippen MR) is 73.2 cm³/mol. The lowest BCUT2D eigenvalue weighted by molar-refractivity contribution is 0.411. The molecule has 1 rings (SSSR count). The van der Waals surface area contributed by atoms with Crippen molar-refractivity contribution in [3.63, 3.8) is 0 Å². The number of nitrogens with two attached hydrogens (primary N) is 1. The Labute approximate surface area is 109 Å². The standard InChI is InChI=1S/C10H14BrNOS.ClH/c1-13-10-3-2-9(11)6-8(10)7-14-5-4-12;/h2-3,6H,4-5,7,12H2,1H3;1H. The van der Waals surface area contributed by atoms with Gasteiger partial charge >= 0.3 is 0 Å². The summed E-state index contributed by atoms with van der Waals surface area (Å²) in [6, 6.07) is 6.04. The molecule has 0 spiro atoms. The third-order valence-corrected chi connectivity index (χ3v) is 3.29. The molecule has 0 aliphatic rings. The van der Waals surface area contributed by atoms with Crippen LogP contribution >= 0.6 is 40.1 Å². The zero-order chi connectivity index (χ0) is 10.4. The van der Waals surface area contributed by atoms with Gasteiger partial charge in [-0.25, -0.2) is 0 Å². The largest absolute Gasteiger partial charge is 0.496 e. The first kappa shape index (κ1) is 15.1. The number of rotatable bonds is 5. The van der Waals surface area contributed by atoms with Gasteiger partial charge in [0, 0.05) is 28.1 Å². The van der Waals surface area contributed by atoms with Gasteiger partial charge in [0.1, 0.15) is 5.75 Å². The Bertz CT molecular complexity index is 299. The van der Waals surface area contributed by atoms with Crippen molar-refractivity contribution in [3.05, 3.63) is 28.2 Å². The molecule has 0 amide bonds. The highest BCUT2D eigenvalue weighted by molar-refractivity contribution is 9.10. The molecule has 1 aromatic rings. The number of ether oxygens (including phenoxy) is 1. The summed E-state index contributed by atoms with van der Waals surface area (Å²) in [6.07, 6.45) is 0. The maximum Gasteiger partial charge on any atom is 0.122 e. The smallest absolute Gasteiger partial charge is 0.122 e. The molecule has 0 aromatic heterocycles. The highest BCUT2D eigenvalue weighted by atomic mass is 79.9. The van der Waals surface area contributed by atoms with Crippen LogP contribution in [0.5, 0.6) is 5.75 Å². The molecule has 0 saturated heterocycles. The lowest BCUT2D eigenvalue weighted by Gasteiger charge is -2.08. The van der Waals surface area contributed by atoms with Crippen LogP contribution < -0.4 is 10.5 Å². The Kier molecular flexibility index (Phi) is 8.33. The maximum absolute atomic E-state index is 5.43. The number of hydrogen-bond acceptors (Lipinski definition) is 3. The number of methoxy groups -OCH3 is 1. The Morgan fingerprint density at radius 2 is 2.20 bits per heavy atom. The fraction of sp³-hybridized carbons (Fsp3) is 0.400. The second-order valence-electron chi connectivity index (χ2n) is 2.80. The van der Waals surface area contributed by atoms with E-state index in [0.29, 0.717) is 0 Å². The Balaban J connectivity index is 0.00000196. The SMILES string of the molecule is COc1ccc(Br)cc1CSCCN.Cl. The molecule has 5 heteroatoms. The molecular weight excluding hydrogens is 298 g/mol. The third-order valence-electron chi connectivity index (χ3n) is 1.76. The van der Waals surface area contributed by atoms with Crippen LogP contribution in [0.1, 0.15) is 5.56 Å². The molecule has 0 heterocycles. The van der Waals surface area contributed by atoms with Crippen molar-refractivity contribution in [1.82, 2.24) is 0 Å². The van der Waals surface area contributed by atoms with E-state index in [4.69, 9.17) is 10.5 Å². The Morgan fingerprint density at radius 3 is 2.80 bits per heavy atom. The van der Waals surface area contributed by atoms with E-state index >= 15 is 0 Å². The van der Waals surface area contributed by atoms with Gasteiger partial charge in [0.25, 0.3) is 0 Å². The van der Waals surface area contributed by atoms with E-state index in [1.807, 2.05) is 23.9 Å². The summed E-state index contributed by atoms with van der Waals surface area (Å²) in [7, 11) is 1.69. The van der Waals surface area contributed by atoms with Gasteiger partial charge in [-0.1, -0.05) is 15.9 Å². The summed E-state index contributed by atoms with van der Waals surface area (Å²) in [6.45, 7) is 0.723. The zero-order valence-electron chi connectivity index (χ0n) is 8.53. The van der Waals surface area contributed by atoms with E-state index in [2.05, 4.69) is 22.0 Å². The van der Waals surface area contributed by atoms with Gasteiger partial charge in [-0.15, -0.1) is 12.4 Å². The number of benzene rings is 1. The van der Waals surface area contributed by atoms with Crippen LogP contribution in [0.4, 0.5) is 0 Å². The zero-order valence-corrected chi connectivity index (χ0v) is 11.8. The lowest BCUT2D eigenvalue weighted by Crippen LogP contribution is -2.01. The summed E-state index contributed by atoms with van der Waals surface area (Å²) in [5.74, 6) is 2.87. The molecule has 0 fully saturated rings. The van der Waals surface area contributed by atoms with Gasteiger partial charge in [-0.2, -0.15) is 11.8 Å². The van der Waals surface area contributed by atoms with Crippen molar-refractivity contribution in [1.29, 1.82) is 0 Å². The molecule has 2 nitrogen and oxygen atoms in total. The fourth-order valence-corrected chi connectivity index (χ4v) is 2.29. The molecule has 0 unspecified atom stereocenters. The topological polar surface area (TPSA) is 35.2 Å². The van der Waals surface area contributed by atoms with E-state index in [1.165, 1.54) is 5.56 Å². The molecule has 0 bridgehead atoms. The van der Waals surface area contributed by atoms with Crippen molar-refractivity contribution < 1.29 is 4.74 Å². The Hall–Kier alpha value is 0.1000. The van der Waals surface area contributed by atoms with Crippen molar-refractivity contribution in [2.24, 2.45) is 5.73 Å². The van der Waals surface area contributed by atoms with Crippen LogP contribution in [0.2, 0.25) is 0 Å². The van der Waals surface area contributed by atoms with Crippen molar-refractivity contribution in [2.75, 3.05) is 19.4 Å². The predicted octanol–water partition coefficient (Wildman–Crippen LogP) is 3.07. The molecule has 86 valence electrons. The normalized spacial score (nSPS) is 9.53. The second kappa shape index (κ2) is 8.28. The minimum absolute atomic E-state index is 0. The monoisotopic (exact) mass is 311 g/mol. The first-order valence-corrected chi connectivity index (χ1v) is 6.33. The average Bonchev–Trinajstić information content (AvgIpc) is 2.19. The summed E-state index contributed by atoms with van der Waals surface area (Å²) in [4.78, 5) is 0. The van der Waals surface area contributed by atoms with Crippen molar-refractivity contribution in [3.8, 4) is 5.75 Å². The molecule has 2 N–H and O–H groups in total. The van der Waals surface area contributed by atoms with E-state index in [-0.39, 0.29) is 12.4 Å². The summed E-state index contributed by atoms with van der Waals surface area (Å²) in [5, 5.41) is 0. The molecule has 0 aliphatic carbocycles. The summed E-state index contributed by atoms with van der Waals surface area (Å²) >= 11 is 5.26. The number of halogens is 2. The molecule has 0 aliphatic heterocycles. The number of thioether (sulfide) groups is 1. The number of hydrogen-bond donors (Lipinski definition) is 1. The third kappa shape index (κ3) is 5.11. The van der Waals surface area contributed by atoms with E-state index < -0.39 is 0 Å². The molecule has 1 aromatic carbocycles. The fourth-order valence-electron chi connectivity index (χ4n) is 1.13. The van der Waals surface area contributed by atoms with Gasteiger partial charge < -0.3 is 10.5 Å². The van der Waals surface area contributed by atoms with Crippen molar-refractivity contribution >= 4 is 40.1 Å². The van der Waals surface area contributed by atoms with Gasteiger partial charge in [-0.3, -0.25) is 0 Å². The van der Waals surface area contributed by atoms with Gasteiger partial charge in [0.15, 0.2) is 0 Å². The summed E-state index contributed by atoms with van der Waals surface area (Å²) < 4.78 is 6.35. The van der Waals surface area contributed by atoms with Crippen LogP contribution in [-0.2, 0) is 5.75 Å². The first-order chi connectivity index (χ1) is 6.77. The lowest BCUT2D eigenvalue weighted by atomic mass is 10.2. The minimum atomic E-state index is 0. The van der Waals surface area contributed by atoms with Gasteiger partial charge in [0.2, 0.25) is 0 Å². The van der Waals surface area contributed by atoms with E-state index in [9.17, 15) is 0 Å². The van der Waals surface area contributed by atoms with Crippen LogP contribution in [0.15, 0.2) is 22.7 Å². The highest BCUT2D eigenvalue weighted by Gasteiger charge is 2.03. The molecular formula is C10H15BrClNOS. The molecule has 0 atom stereocenters. The maximum atomic E-state index is 5.43. The van der Waals surface area contributed by atoms with Gasteiger partial charge in [-0.05, 0) is 18.2 Å². The van der Waals surface area contributed by atoms with Gasteiger partial charge in [0.05, 0.1) is 7.11 Å². The van der Waals surface area contributed by atoms with Crippen LogP contribution in [-0.4, -0.2) is 19.4 Å². The van der Waals surface area contributed by atoms with Crippen molar-refractivity contribution in [2.45, 2.75) is 5.75 Å². The van der Waals surface area contributed by atoms with Crippen LogP contribution in [0, 0.1) is 0 Å². The van der Waals surface area contributed by atoms with E-state index in [1.54, 1.807) is 7.11 Å². The highest BCUT2D eigenvalue weighted by Crippen LogP contribution is 2.26. The minimum Gasteiger partial charge on any atom is -0.496 e. The van der Waals surface area contributed by atoms with Crippen LogP contribution in [0.3, 0.4) is 0 Å². The quantitative estimate of drug-likeness (QED) is 0.849. The first-order valence-electron chi connectivity index (χ1n) is 4.38. The average molecular weight is 313 g/mol. The van der Waals surface area contributed by atoms with Crippen LogP contribution in [0.25, 0.3) is 0 Å². The molecule has 0 saturated carbocycles. The second-order valence-corrected chi connectivity index (χ2v) is 4.82. The summed E-state index contributed by atoms with van der Waals surface area (Å²) in [5.41, 5.74) is 6.64.